The summed E-state index contributed by atoms with van der Waals surface area (Å²) in [6, 6.07) is 19.1. The average Bonchev–Trinajstić information content (AvgIpc) is 2.97. The van der Waals surface area contributed by atoms with Crippen LogP contribution in [0.15, 0.2) is 72.8 Å². The fraction of sp³-hybridized carbons (Fsp3) is 0.207. The SMILES string of the molecule is CC(=O)NCCOCCNc1nc(Nc2ccc(O)cc2)nc(Nc2ccc(C(=O)NCc3ccc(F)cc3)cc2)n1. The van der Waals surface area contributed by atoms with E-state index in [0.29, 0.717) is 43.2 Å². The number of ether oxygens (including phenoxy) is 1. The van der Waals surface area contributed by atoms with Crippen LogP contribution in [-0.4, -0.2) is 58.2 Å². The molecule has 13 heteroatoms. The number of benzene rings is 3. The van der Waals surface area contributed by atoms with Gasteiger partial charge in [-0.1, -0.05) is 12.1 Å². The van der Waals surface area contributed by atoms with Crippen LogP contribution >= 0.6 is 0 Å². The predicted octanol–water partition coefficient (Wildman–Crippen LogP) is 3.70. The van der Waals surface area contributed by atoms with Crippen molar-refractivity contribution in [1.82, 2.24) is 25.6 Å². The van der Waals surface area contributed by atoms with Gasteiger partial charge in [-0.25, -0.2) is 4.39 Å². The Bertz CT molecular complexity index is 1470. The number of hydrogen-bond donors (Lipinski definition) is 6. The second kappa shape index (κ2) is 14.9. The molecule has 218 valence electrons. The summed E-state index contributed by atoms with van der Waals surface area (Å²) in [5.74, 6) is 0.204. The second-order valence-electron chi connectivity index (χ2n) is 9.01. The molecule has 0 bridgehead atoms. The molecule has 0 unspecified atom stereocenters. The van der Waals surface area contributed by atoms with E-state index in [9.17, 15) is 19.1 Å². The minimum Gasteiger partial charge on any atom is -0.508 e. The first-order chi connectivity index (χ1) is 20.3. The van der Waals surface area contributed by atoms with Gasteiger partial charge in [-0.3, -0.25) is 9.59 Å². The number of nitrogens with zero attached hydrogens (tertiary/aromatic N) is 3. The third-order valence-electron chi connectivity index (χ3n) is 5.68. The Morgan fingerprint density at radius 1 is 0.762 bits per heavy atom. The molecule has 2 amide bonds. The number of halogens is 1. The predicted molar refractivity (Wildman–Crippen MR) is 157 cm³/mol. The Morgan fingerprint density at radius 2 is 1.33 bits per heavy atom. The highest BCUT2D eigenvalue weighted by atomic mass is 19.1. The molecule has 0 aliphatic rings. The number of aromatic hydroxyl groups is 1. The number of rotatable bonds is 14. The molecule has 42 heavy (non-hydrogen) atoms. The van der Waals surface area contributed by atoms with Crippen LogP contribution in [0.2, 0.25) is 0 Å². The standard InChI is InChI=1S/C29H31FN8O4/c1-19(39)31-14-16-42-17-15-32-27-36-28(38-29(37-27)35-24-10-12-25(40)13-11-24)34-23-8-4-21(5-9-23)26(41)33-18-20-2-6-22(30)7-3-20/h2-13,40H,14-18H2,1H3,(H,31,39)(H,33,41)(H3,32,34,35,36,37,38). The number of carbonyl (C=O) groups excluding carboxylic acids is 2. The second-order valence-corrected chi connectivity index (χ2v) is 9.01. The van der Waals surface area contributed by atoms with Gasteiger partial charge in [0.05, 0.1) is 13.2 Å². The molecule has 12 nitrogen and oxygen atoms in total. The summed E-state index contributed by atoms with van der Waals surface area (Å²) in [5, 5.41) is 24.3. The molecular weight excluding hydrogens is 543 g/mol. The number of nitrogens with one attached hydrogen (secondary N) is 5. The first-order valence-corrected chi connectivity index (χ1v) is 13.1. The zero-order valence-corrected chi connectivity index (χ0v) is 22.9. The highest BCUT2D eigenvalue weighted by molar-refractivity contribution is 5.94. The molecule has 3 aromatic carbocycles. The summed E-state index contributed by atoms with van der Waals surface area (Å²) in [6.07, 6.45) is 0. The van der Waals surface area contributed by atoms with E-state index in [2.05, 4.69) is 41.5 Å². The van der Waals surface area contributed by atoms with Crippen molar-refractivity contribution in [3.8, 4) is 5.75 Å². The zero-order chi connectivity index (χ0) is 29.7. The van der Waals surface area contributed by atoms with Crippen LogP contribution in [0.5, 0.6) is 5.75 Å². The molecule has 4 rings (SSSR count). The highest BCUT2D eigenvalue weighted by Crippen LogP contribution is 2.21. The van der Waals surface area contributed by atoms with E-state index in [-0.39, 0.29) is 47.8 Å². The van der Waals surface area contributed by atoms with Crippen LogP contribution in [-0.2, 0) is 16.1 Å². The van der Waals surface area contributed by atoms with Gasteiger partial charge in [0.1, 0.15) is 11.6 Å². The summed E-state index contributed by atoms with van der Waals surface area (Å²) in [7, 11) is 0. The first kappa shape index (κ1) is 29.7. The summed E-state index contributed by atoms with van der Waals surface area (Å²) < 4.78 is 18.6. The Kier molecular flexibility index (Phi) is 10.5. The highest BCUT2D eigenvalue weighted by Gasteiger charge is 2.10. The fourth-order valence-electron chi connectivity index (χ4n) is 3.60. The van der Waals surface area contributed by atoms with Crippen molar-refractivity contribution in [2.75, 3.05) is 42.3 Å². The van der Waals surface area contributed by atoms with Gasteiger partial charge in [-0.15, -0.1) is 0 Å². The molecule has 1 heterocycles. The lowest BCUT2D eigenvalue weighted by Gasteiger charge is -2.12. The normalized spacial score (nSPS) is 10.5. The number of hydrogen-bond acceptors (Lipinski definition) is 10. The lowest BCUT2D eigenvalue weighted by atomic mass is 10.1. The van der Waals surface area contributed by atoms with Crippen molar-refractivity contribution in [3.05, 3.63) is 89.7 Å². The van der Waals surface area contributed by atoms with E-state index in [1.165, 1.54) is 31.2 Å². The maximum atomic E-state index is 13.1. The minimum absolute atomic E-state index is 0.115. The molecule has 0 saturated carbocycles. The van der Waals surface area contributed by atoms with E-state index in [1.807, 2.05) is 0 Å². The third-order valence-corrected chi connectivity index (χ3v) is 5.68. The van der Waals surface area contributed by atoms with E-state index in [1.54, 1.807) is 48.5 Å². The van der Waals surface area contributed by atoms with Crippen molar-refractivity contribution in [2.24, 2.45) is 0 Å². The molecule has 0 radical (unpaired) electrons. The van der Waals surface area contributed by atoms with Crippen molar-refractivity contribution < 1.29 is 23.8 Å². The quantitative estimate of drug-likeness (QED) is 0.0967. The van der Waals surface area contributed by atoms with Gasteiger partial charge in [-0.2, -0.15) is 15.0 Å². The van der Waals surface area contributed by atoms with E-state index >= 15 is 0 Å². The van der Waals surface area contributed by atoms with Crippen LogP contribution in [0.3, 0.4) is 0 Å². The maximum Gasteiger partial charge on any atom is 0.251 e. The number of phenolic OH excluding ortho intramolecular Hbond substituents is 1. The summed E-state index contributed by atoms with van der Waals surface area (Å²) >= 11 is 0. The molecule has 0 fully saturated rings. The van der Waals surface area contributed by atoms with E-state index in [0.717, 1.165) is 5.56 Å². The molecule has 4 aromatic rings. The van der Waals surface area contributed by atoms with Crippen LogP contribution in [0, 0.1) is 5.82 Å². The molecular formula is C29H31FN8O4. The number of aromatic nitrogens is 3. The lowest BCUT2D eigenvalue weighted by molar-refractivity contribution is -0.119. The van der Waals surface area contributed by atoms with Crippen molar-refractivity contribution in [2.45, 2.75) is 13.5 Å². The van der Waals surface area contributed by atoms with Gasteiger partial charge in [0, 0.05) is 43.5 Å². The van der Waals surface area contributed by atoms with Crippen molar-refractivity contribution in [3.63, 3.8) is 0 Å². The minimum atomic E-state index is -0.332. The van der Waals surface area contributed by atoms with Crippen molar-refractivity contribution >= 4 is 41.0 Å². The van der Waals surface area contributed by atoms with Gasteiger partial charge < -0.3 is 36.4 Å². The topological polar surface area (TPSA) is 162 Å². The summed E-state index contributed by atoms with van der Waals surface area (Å²) in [4.78, 5) is 36.8. The van der Waals surface area contributed by atoms with Gasteiger partial charge in [0.2, 0.25) is 23.8 Å². The molecule has 0 spiro atoms. The van der Waals surface area contributed by atoms with Gasteiger partial charge in [0.15, 0.2) is 0 Å². The van der Waals surface area contributed by atoms with Crippen LogP contribution in [0.4, 0.5) is 33.6 Å². The molecule has 0 saturated heterocycles. The lowest BCUT2D eigenvalue weighted by Crippen LogP contribution is -2.25. The number of phenols is 1. The zero-order valence-electron chi connectivity index (χ0n) is 22.9. The largest absolute Gasteiger partial charge is 0.508 e. The number of anilines is 5. The smallest absolute Gasteiger partial charge is 0.251 e. The maximum absolute atomic E-state index is 13.1. The van der Waals surface area contributed by atoms with Gasteiger partial charge in [-0.05, 0) is 66.2 Å². The third kappa shape index (κ3) is 9.71. The number of carbonyl (C=O) groups is 2. The Hall–Kier alpha value is -5.30. The monoisotopic (exact) mass is 574 g/mol. The van der Waals surface area contributed by atoms with Gasteiger partial charge in [0.25, 0.3) is 5.91 Å². The van der Waals surface area contributed by atoms with Crippen LogP contribution in [0.25, 0.3) is 0 Å². The summed E-state index contributed by atoms with van der Waals surface area (Å²) in [5.41, 5.74) is 2.54. The van der Waals surface area contributed by atoms with Gasteiger partial charge >= 0.3 is 0 Å². The first-order valence-electron chi connectivity index (χ1n) is 13.1. The average molecular weight is 575 g/mol. The fourth-order valence-corrected chi connectivity index (χ4v) is 3.60. The van der Waals surface area contributed by atoms with Crippen LogP contribution in [0.1, 0.15) is 22.8 Å². The Balaban J connectivity index is 1.38. The Labute approximate surface area is 241 Å². The molecule has 0 aliphatic heterocycles. The molecule has 0 atom stereocenters. The molecule has 1 aromatic heterocycles. The van der Waals surface area contributed by atoms with E-state index < -0.39 is 0 Å². The van der Waals surface area contributed by atoms with E-state index in [4.69, 9.17) is 4.74 Å². The van der Waals surface area contributed by atoms with Crippen molar-refractivity contribution in [1.29, 1.82) is 0 Å². The van der Waals surface area contributed by atoms with Crippen LogP contribution < -0.4 is 26.6 Å². The molecule has 0 aliphatic carbocycles. The number of amides is 2. The molecule has 6 N–H and O–H groups in total. The Morgan fingerprint density at radius 3 is 1.95 bits per heavy atom. The summed E-state index contributed by atoms with van der Waals surface area (Å²) in [6.45, 7) is 3.28.